The Kier molecular flexibility index (Phi) is 3.89. The molecule has 112 valence electrons. The molecule has 1 N–H and O–H groups in total. The first-order valence-corrected chi connectivity index (χ1v) is 8.02. The van der Waals surface area contributed by atoms with E-state index >= 15 is 0 Å². The highest BCUT2D eigenvalue weighted by Gasteiger charge is 2.47. The van der Waals surface area contributed by atoms with Gasteiger partial charge in [-0.15, -0.1) is 11.8 Å². The molecule has 2 aliphatic rings. The molecule has 1 aliphatic heterocycles. The molecular weight excluding hydrogens is 293 g/mol. The van der Waals surface area contributed by atoms with Crippen molar-refractivity contribution in [2.75, 3.05) is 5.75 Å². The minimum Gasteiger partial charge on any atom is -0.480 e. The smallest absolute Gasteiger partial charge is 0.327 e. The summed E-state index contributed by atoms with van der Waals surface area (Å²) in [4.78, 5) is 25.3. The number of carbonyl (C=O) groups excluding carboxylic acids is 1. The van der Waals surface area contributed by atoms with E-state index in [0.29, 0.717) is 17.2 Å². The van der Waals surface area contributed by atoms with Crippen LogP contribution in [0.1, 0.15) is 18.4 Å². The van der Waals surface area contributed by atoms with Crippen LogP contribution in [-0.4, -0.2) is 39.1 Å². The highest BCUT2D eigenvalue weighted by Crippen LogP contribution is 2.45. The molecular formula is C15H16FNO3S. The maximum absolute atomic E-state index is 13.7. The Hall–Kier alpha value is -1.56. The van der Waals surface area contributed by atoms with Crippen LogP contribution < -0.4 is 0 Å². The average molecular weight is 309 g/mol. The summed E-state index contributed by atoms with van der Waals surface area (Å²) >= 11 is 1.53. The summed E-state index contributed by atoms with van der Waals surface area (Å²) in [5.74, 6) is -0.891. The Balaban J connectivity index is 1.79. The molecule has 1 aliphatic carbocycles. The van der Waals surface area contributed by atoms with Crippen molar-refractivity contribution in [1.82, 2.24) is 4.90 Å². The number of rotatable bonds is 4. The third-order valence-electron chi connectivity index (χ3n) is 3.93. The first-order chi connectivity index (χ1) is 10.1. The zero-order valence-electron chi connectivity index (χ0n) is 11.4. The largest absolute Gasteiger partial charge is 0.480 e. The number of nitrogens with zero attached hydrogens (tertiary/aromatic N) is 1. The lowest BCUT2D eigenvalue weighted by atomic mass is 10.1. The highest BCUT2D eigenvalue weighted by molar-refractivity contribution is 8.00. The lowest BCUT2D eigenvalue weighted by molar-refractivity contribution is -0.149. The van der Waals surface area contributed by atoms with Crippen LogP contribution >= 0.6 is 11.8 Å². The number of thioether (sulfide) groups is 1. The number of halogens is 1. The Bertz CT molecular complexity index is 576. The molecule has 3 rings (SSSR count). The minimum absolute atomic E-state index is 0.0645. The van der Waals surface area contributed by atoms with Crippen LogP contribution in [0.2, 0.25) is 0 Å². The number of carbonyl (C=O) groups is 2. The van der Waals surface area contributed by atoms with Crippen LogP contribution in [0.15, 0.2) is 24.3 Å². The van der Waals surface area contributed by atoms with Gasteiger partial charge in [0.2, 0.25) is 5.91 Å². The van der Waals surface area contributed by atoms with E-state index in [4.69, 9.17) is 0 Å². The van der Waals surface area contributed by atoms with Gasteiger partial charge in [-0.25, -0.2) is 9.18 Å². The molecule has 1 aromatic rings. The maximum atomic E-state index is 13.7. The van der Waals surface area contributed by atoms with Gasteiger partial charge in [-0.3, -0.25) is 4.79 Å². The lowest BCUT2D eigenvalue weighted by Gasteiger charge is -2.27. The second kappa shape index (κ2) is 5.67. The molecule has 4 nitrogen and oxygen atoms in total. The molecule has 21 heavy (non-hydrogen) atoms. The number of carboxylic acids is 1. The van der Waals surface area contributed by atoms with E-state index in [0.717, 1.165) is 12.8 Å². The van der Waals surface area contributed by atoms with Gasteiger partial charge in [0.15, 0.2) is 0 Å². The van der Waals surface area contributed by atoms with Gasteiger partial charge >= 0.3 is 5.97 Å². The minimum atomic E-state index is -0.979. The molecule has 0 aromatic heterocycles. The third kappa shape index (κ3) is 2.90. The van der Waals surface area contributed by atoms with Gasteiger partial charge in [-0.2, -0.15) is 0 Å². The molecule has 2 fully saturated rings. The summed E-state index contributed by atoms with van der Waals surface area (Å²) < 4.78 is 13.7. The number of carboxylic acid groups (broad SMARTS) is 1. The predicted octanol–water partition coefficient (Wildman–Crippen LogP) is 2.13. The summed E-state index contributed by atoms with van der Waals surface area (Å²) in [6, 6.07) is 5.34. The van der Waals surface area contributed by atoms with E-state index in [1.54, 1.807) is 18.2 Å². The van der Waals surface area contributed by atoms with Crippen LogP contribution in [0.25, 0.3) is 0 Å². The van der Waals surface area contributed by atoms with Gasteiger partial charge in [0, 0.05) is 5.75 Å². The first-order valence-electron chi connectivity index (χ1n) is 6.97. The molecule has 1 aromatic carbocycles. The van der Waals surface area contributed by atoms with E-state index in [1.807, 2.05) is 0 Å². The molecule has 1 amide bonds. The summed E-state index contributed by atoms with van der Waals surface area (Å²) in [5, 5.41) is 9.23. The fourth-order valence-electron chi connectivity index (χ4n) is 2.67. The van der Waals surface area contributed by atoms with Gasteiger partial charge in [0.05, 0.1) is 11.8 Å². The normalized spacial score (nSPS) is 25.1. The SMILES string of the molecule is O=C(O)C1CSC(C2CC2)N1C(=O)Cc1ccccc1F. The Morgan fingerprint density at radius 3 is 2.67 bits per heavy atom. The molecule has 6 heteroatoms. The van der Waals surface area contributed by atoms with Crippen molar-refractivity contribution in [3.8, 4) is 0 Å². The number of aliphatic carboxylic acids is 1. The van der Waals surface area contributed by atoms with Crippen molar-refractivity contribution in [3.63, 3.8) is 0 Å². The Morgan fingerprint density at radius 1 is 1.33 bits per heavy atom. The van der Waals surface area contributed by atoms with Gasteiger partial charge in [0.1, 0.15) is 11.9 Å². The number of amides is 1. The fraction of sp³-hybridized carbons (Fsp3) is 0.467. The number of hydrogen-bond donors (Lipinski definition) is 1. The number of hydrogen-bond acceptors (Lipinski definition) is 3. The van der Waals surface area contributed by atoms with E-state index in [2.05, 4.69) is 0 Å². The van der Waals surface area contributed by atoms with Crippen LogP contribution in [0.4, 0.5) is 4.39 Å². The monoisotopic (exact) mass is 309 g/mol. The van der Waals surface area contributed by atoms with E-state index in [1.165, 1.54) is 22.7 Å². The second-order valence-electron chi connectivity index (χ2n) is 5.48. The Morgan fingerprint density at radius 2 is 2.05 bits per heavy atom. The van der Waals surface area contributed by atoms with Crippen molar-refractivity contribution < 1.29 is 19.1 Å². The molecule has 2 atom stereocenters. The number of benzene rings is 1. The second-order valence-corrected chi connectivity index (χ2v) is 6.63. The van der Waals surface area contributed by atoms with Gasteiger partial charge < -0.3 is 10.0 Å². The fourth-order valence-corrected chi connectivity index (χ4v) is 4.33. The molecule has 0 spiro atoms. The molecule has 0 radical (unpaired) electrons. The van der Waals surface area contributed by atoms with E-state index < -0.39 is 17.8 Å². The summed E-state index contributed by atoms with van der Waals surface area (Å²) in [6.07, 6.45) is 1.99. The first kappa shape index (κ1) is 14.4. The summed E-state index contributed by atoms with van der Waals surface area (Å²) in [7, 11) is 0. The zero-order chi connectivity index (χ0) is 15.0. The molecule has 2 unspecified atom stereocenters. The van der Waals surface area contributed by atoms with E-state index in [-0.39, 0.29) is 17.7 Å². The third-order valence-corrected chi connectivity index (χ3v) is 5.39. The topological polar surface area (TPSA) is 57.6 Å². The lowest BCUT2D eigenvalue weighted by Crippen LogP contribution is -2.47. The quantitative estimate of drug-likeness (QED) is 0.926. The van der Waals surface area contributed by atoms with Crippen molar-refractivity contribution >= 4 is 23.6 Å². The van der Waals surface area contributed by atoms with Gasteiger partial charge in [0.25, 0.3) is 0 Å². The molecule has 1 saturated heterocycles. The van der Waals surface area contributed by atoms with Crippen molar-refractivity contribution in [2.24, 2.45) is 5.92 Å². The summed E-state index contributed by atoms with van der Waals surface area (Å²) in [6.45, 7) is 0. The maximum Gasteiger partial charge on any atom is 0.327 e. The van der Waals surface area contributed by atoms with Crippen molar-refractivity contribution in [1.29, 1.82) is 0 Å². The summed E-state index contributed by atoms with van der Waals surface area (Å²) in [5.41, 5.74) is 0.318. The standard InChI is InChI=1S/C15H16FNO3S/c16-11-4-2-1-3-10(11)7-13(18)17-12(15(19)20)8-21-14(17)9-5-6-9/h1-4,9,12,14H,5-8H2,(H,19,20). The average Bonchev–Trinajstić information content (AvgIpc) is 3.19. The van der Waals surface area contributed by atoms with Crippen molar-refractivity contribution in [2.45, 2.75) is 30.7 Å². The molecule has 1 saturated carbocycles. The zero-order valence-corrected chi connectivity index (χ0v) is 12.2. The van der Waals surface area contributed by atoms with Crippen LogP contribution in [-0.2, 0) is 16.0 Å². The van der Waals surface area contributed by atoms with Crippen LogP contribution in [0.5, 0.6) is 0 Å². The van der Waals surface area contributed by atoms with Gasteiger partial charge in [-0.1, -0.05) is 18.2 Å². The predicted molar refractivity (Wildman–Crippen MR) is 77.3 cm³/mol. The molecule has 1 heterocycles. The highest BCUT2D eigenvalue weighted by atomic mass is 32.2. The van der Waals surface area contributed by atoms with Crippen LogP contribution in [0.3, 0.4) is 0 Å². The van der Waals surface area contributed by atoms with Gasteiger partial charge in [-0.05, 0) is 30.4 Å². The van der Waals surface area contributed by atoms with Crippen molar-refractivity contribution in [3.05, 3.63) is 35.6 Å². The van der Waals surface area contributed by atoms with E-state index in [9.17, 15) is 19.1 Å². The van der Waals surface area contributed by atoms with Crippen LogP contribution in [0, 0.1) is 11.7 Å². The molecule has 0 bridgehead atoms. The Labute approximate surface area is 126 Å².